The monoisotopic (exact) mass is 278 g/mol. The Morgan fingerprint density at radius 3 is 2.80 bits per heavy atom. The van der Waals surface area contributed by atoms with E-state index in [1.807, 2.05) is 0 Å². The van der Waals surface area contributed by atoms with Crippen molar-refractivity contribution in [3.8, 4) is 11.6 Å². The van der Waals surface area contributed by atoms with Crippen LogP contribution in [-0.4, -0.2) is 15.0 Å². The van der Waals surface area contributed by atoms with E-state index in [0.29, 0.717) is 5.56 Å². The van der Waals surface area contributed by atoms with E-state index in [9.17, 15) is 19.6 Å². The van der Waals surface area contributed by atoms with Crippen LogP contribution in [0.1, 0.15) is 18.6 Å². The molecule has 0 bridgehead atoms. The number of hydrogen-bond acceptors (Lipinski definition) is 5. The molecule has 7 heteroatoms. The predicted octanol–water partition coefficient (Wildman–Crippen LogP) is 2.97. The number of aliphatic hydroxyl groups is 1. The van der Waals surface area contributed by atoms with Crippen molar-refractivity contribution in [1.29, 1.82) is 0 Å². The highest BCUT2D eigenvalue weighted by Gasteiger charge is 2.15. The molecule has 1 aromatic heterocycles. The quantitative estimate of drug-likeness (QED) is 0.686. The molecule has 2 aromatic rings. The molecule has 20 heavy (non-hydrogen) atoms. The van der Waals surface area contributed by atoms with Crippen molar-refractivity contribution < 1.29 is 19.2 Å². The molecule has 1 atom stereocenters. The zero-order valence-electron chi connectivity index (χ0n) is 10.5. The third-order valence-electron chi connectivity index (χ3n) is 2.58. The van der Waals surface area contributed by atoms with E-state index in [1.165, 1.54) is 13.1 Å². The molecule has 2 rings (SSSR count). The molecule has 0 radical (unpaired) electrons. The van der Waals surface area contributed by atoms with Crippen molar-refractivity contribution in [2.75, 3.05) is 0 Å². The van der Waals surface area contributed by atoms with Gasteiger partial charge in [-0.2, -0.15) is 0 Å². The number of benzene rings is 1. The van der Waals surface area contributed by atoms with Crippen LogP contribution in [0.3, 0.4) is 0 Å². The van der Waals surface area contributed by atoms with Gasteiger partial charge in [-0.3, -0.25) is 10.1 Å². The van der Waals surface area contributed by atoms with Gasteiger partial charge in [0.15, 0.2) is 11.6 Å². The second-order valence-electron chi connectivity index (χ2n) is 4.05. The minimum atomic E-state index is -0.874. The number of rotatable bonds is 4. The van der Waals surface area contributed by atoms with Gasteiger partial charge >= 0.3 is 0 Å². The number of aromatic nitrogens is 1. The molecule has 0 amide bonds. The Kier molecular flexibility index (Phi) is 3.90. The minimum absolute atomic E-state index is 0.0512. The number of aliphatic hydroxyl groups excluding tert-OH is 1. The fourth-order valence-electron chi connectivity index (χ4n) is 1.60. The number of ether oxygens (including phenoxy) is 1. The molecule has 0 aliphatic rings. The molecule has 1 aromatic carbocycles. The first-order valence-corrected chi connectivity index (χ1v) is 5.74. The first-order valence-electron chi connectivity index (χ1n) is 5.74. The molecule has 0 fully saturated rings. The van der Waals surface area contributed by atoms with Gasteiger partial charge < -0.3 is 9.84 Å². The topological polar surface area (TPSA) is 85.5 Å². The molecule has 0 aliphatic carbocycles. The first-order chi connectivity index (χ1) is 9.49. The van der Waals surface area contributed by atoms with Gasteiger partial charge in [-0.05, 0) is 25.1 Å². The number of nitrogens with zero attached hydrogens (tertiary/aromatic N) is 2. The second-order valence-corrected chi connectivity index (χ2v) is 4.05. The van der Waals surface area contributed by atoms with E-state index < -0.39 is 16.8 Å². The van der Waals surface area contributed by atoms with Gasteiger partial charge in [-0.25, -0.2) is 9.37 Å². The summed E-state index contributed by atoms with van der Waals surface area (Å²) >= 11 is 0. The molecular weight excluding hydrogens is 267 g/mol. The molecule has 0 spiro atoms. The summed E-state index contributed by atoms with van der Waals surface area (Å²) in [5.41, 5.74) is 0.0249. The average Bonchev–Trinajstić information content (AvgIpc) is 2.41. The van der Waals surface area contributed by atoms with Crippen LogP contribution in [0.25, 0.3) is 0 Å². The third kappa shape index (κ3) is 2.89. The van der Waals surface area contributed by atoms with Crippen molar-refractivity contribution in [1.82, 2.24) is 4.98 Å². The minimum Gasteiger partial charge on any atom is -0.436 e. The Hall–Kier alpha value is -2.54. The fourth-order valence-corrected chi connectivity index (χ4v) is 1.60. The van der Waals surface area contributed by atoms with Crippen molar-refractivity contribution in [3.05, 3.63) is 58.0 Å². The van der Waals surface area contributed by atoms with Crippen molar-refractivity contribution >= 4 is 5.69 Å². The van der Waals surface area contributed by atoms with Gasteiger partial charge in [-0.15, -0.1) is 0 Å². The van der Waals surface area contributed by atoms with E-state index in [-0.39, 0.29) is 17.3 Å². The lowest BCUT2D eigenvalue weighted by atomic mass is 10.2. The van der Waals surface area contributed by atoms with Crippen molar-refractivity contribution in [2.45, 2.75) is 13.0 Å². The van der Waals surface area contributed by atoms with Crippen LogP contribution in [0.2, 0.25) is 0 Å². The van der Waals surface area contributed by atoms with E-state index in [4.69, 9.17) is 4.74 Å². The molecule has 6 nitrogen and oxygen atoms in total. The summed E-state index contributed by atoms with van der Waals surface area (Å²) in [5.74, 6) is -1.02. The zero-order chi connectivity index (χ0) is 14.7. The van der Waals surface area contributed by atoms with Crippen LogP contribution in [-0.2, 0) is 0 Å². The SMILES string of the molecule is C[C@@H](O)c1cccnc1Oc1ccc([N+](=O)[O-])cc1F. The van der Waals surface area contributed by atoms with Crippen LogP contribution < -0.4 is 4.74 Å². The number of pyridine rings is 1. The maximum atomic E-state index is 13.7. The van der Waals surface area contributed by atoms with E-state index in [2.05, 4.69) is 4.98 Å². The molecule has 1 N–H and O–H groups in total. The summed E-state index contributed by atoms with van der Waals surface area (Å²) in [6.45, 7) is 1.52. The molecule has 104 valence electrons. The highest BCUT2D eigenvalue weighted by Crippen LogP contribution is 2.30. The largest absolute Gasteiger partial charge is 0.436 e. The van der Waals surface area contributed by atoms with Gasteiger partial charge in [0, 0.05) is 17.8 Å². The highest BCUT2D eigenvalue weighted by molar-refractivity contribution is 5.40. The van der Waals surface area contributed by atoms with Crippen LogP contribution >= 0.6 is 0 Å². The summed E-state index contributed by atoms with van der Waals surface area (Å²) < 4.78 is 19.0. The summed E-state index contributed by atoms with van der Waals surface area (Å²) in [4.78, 5) is 13.7. The Labute approximate surface area is 113 Å². The molecular formula is C13H11FN2O4. The molecule has 0 unspecified atom stereocenters. The Morgan fingerprint density at radius 2 is 2.20 bits per heavy atom. The normalized spacial score (nSPS) is 11.9. The first kappa shape index (κ1) is 13.9. The Morgan fingerprint density at radius 1 is 1.45 bits per heavy atom. The van der Waals surface area contributed by atoms with Gasteiger partial charge in [0.25, 0.3) is 5.69 Å². The number of nitro groups is 1. The Bertz CT molecular complexity index is 646. The summed E-state index contributed by atoms with van der Waals surface area (Å²) in [7, 11) is 0. The third-order valence-corrected chi connectivity index (χ3v) is 2.58. The summed E-state index contributed by atoms with van der Waals surface area (Å²) in [6, 6.07) is 6.25. The van der Waals surface area contributed by atoms with Crippen molar-refractivity contribution in [2.24, 2.45) is 0 Å². The smallest absolute Gasteiger partial charge is 0.272 e. The van der Waals surface area contributed by atoms with E-state index >= 15 is 0 Å². The highest BCUT2D eigenvalue weighted by atomic mass is 19.1. The molecule has 0 saturated heterocycles. The standard InChI is InChI=1S/C13H11FN2O4/c1-8(17)10-3-2-6-15-13(10)20-12-5-4-9(16(18)19)7-11(12)14/h2-8,17H,1H3/t8-/m1/s1. The summed E-state index contributed by atoms with van der Waals surface area (Å²) in [6.07, 6.45) is 0.602. The molecule has 0 saturated carbocycles. The molecule has 1 heterocycles. The lowest BCUT2D eigenvalue weighted by Crippen LogP contribution is -1.99. The number of nitro benzene ring substituents is 1. The fraction of sp³-hybridized carbons (Fsp3) is 0.154. The predicted molar refractivity (Wildman–Crippen MR) is 68.0 cm³/mol. The maximum Gasteiger partial charge on any atom is 0.272 e. The lowest BCUT2D eigenvalue weighted by Gasteiger charge is -2.11. The average molecular weight is 278 g/mol. The van der Waals surface area contributed by atoms with Gasteiger partial charge in [0.05, 0.1) is 17.1 Å². The molecule has 0 aliphatic heterocycles. The van der Waals surface area contributed by atoms with E-state index in [1.54, 1.807) is 12.1 Å². The number of non-ortho nitro benzene ring substituents is 1. The van der Waals surface area contributed by atoms with Gasteiger partial charge in [0.1, 0.15) is 0 Å². The van der Waals surface area contributed by atoms with Crippen molar-refractivity contribution in [3.63, 3.8) is 0 Å². The van der Waals surface area contributed by atoms with Crippen LogP contribution in [0.5, 0.6) is 11.6 Å². The zero-order valence-corrected chi connectivity index (χ0v) is 10.5. The van der Waals surface area contributed by atoms with Crippen LogP contribution in [0, 0.1) is 15.9 Å². The van der Waals surface area contributed by atoms with Crippen LogP contribution in [0.4, 0.5) is 10.1 Å². The summed E-state index contributed by atoms with van der Waals surface area (Å²) in [5, 5.41) is 20.1. The number of hydrogen-bond donors (Lipinski definition) is 1. The van der Waals surface area contributed by atoms with Gasteiger partial charge in [-0.1, -0.05) is 0 Å². The number of halogens is 1. The maximum absolute atomic E-state index is 13.7. The Balaban J connectivity index is 2.33. The lowest BCUT2D eigenvalue weighted by molar-refractivity contribution is -0.385. The van der Waals surface area contributed by atoms with E-state index in [0.717, 1.165) is 18.2 Å². The van der Waals surface area contributed by atoms with Crippen LogP contribution in [0.15, 0.2) is 36.5 Å². The second kappa shape index (κ2) is 5.62. The van der Waals surface area contributed by atoms with Gasteiger partial charge in [0.2, 0.25) is 5.88 Å².